The Balaban J connectivity index is 2.46. The minimum Gasteiger partial charge on any atom is -0.300 e. The first-order valence-electron chi connectivity index (χ1n) is 8.93. The molecule has 0 radical (unpaired) electrons. The van der Waals surface area contributed by atoms with E-state index in [1.165, 1.54) is 0 Å². The van der Waals surface area contributed by atoms with Crippen LogP contribution in [-0.4, -0.2) is 11.6 Å². The van der Waals surface area contributed by atoms with Crippen LogP contribution in [0.15, 0.2) is 22.8 Å². The summed E-state index contributed by atoms with van der Waals surface area (Å²) in [4.78, 5) is 24.2. The van der Waals surface area contributed by atoms with Crippen molar-refractivity contribution in [2.45, 2.75) is 65.2 Å². The third-order valence-electron chi connectivity index (χ3n) is 4.10. The summed E-state index contributed by atoms with van der Waals surface area (Å²) in [6, 6.07) is 0.424. The number of carbonyl (C=O) groups is 2. The monoisotopic (exact) mass is 263 g/mol. The number of hydrogen-bond acceptors (Lipinski definition) is 2. The Hall–Kier alpha value is -1.18. The zero-order chi connectivity index (χ0) is 16.3. The van der Waals surface area contributed by atoms with Crippen molar-refractivity contribution < 1.29 is 13.7 Å². The summed E-state index contributed by atoms with van der Waals surface area (Å²) >= 11 is 0. The summed E-state index contributed by atoms with van der Waals surface area (Å²) < 4.78 is 23.3. The van der Waals surface area contributed by atoms with Crippen LogP contribution in [0.4, 0.5) is 0 Å². The van der Waals surface area contributed by atoms with Gasteiger partial charge in [-0.15, -0.1) is 0 Å². The number of Topliss-reactive ketones (excluding diaryl/α,β-unsaturated/α-hetero) is 2. The lowest BCUT2D eigenvalue weighted by molar-refractivity contribution is -0.119. The average Bonchev–Trinajstić information content (AvgIpc) is 2.87. The SMILES string of the molecule is [2H]/C1=C(\CCCC)CCC(=O)C[C@@H]2CCC(C(=O)C([2H])[2H])=C12. The Morgan fingerprint density at radius 2 is 2.32 bits per heavy atom. The topological polar surface area (TPSA) is 34.1 Å². The second-order valence-electron chi connectivity index (χ2n) is 5.57. The molecule has 2 aliphatic carbocycles. The van der Waals surface area contributed by atoms with Crippen molar-refractivity contribution in [2.24, 2.45) is 5.92 Å². The third kappa shape index (κ3) is 3.43. The summed E-state index contributed by atoms with van der Waals surface area (Å²) in [6.07, 6.45) is 5.51. The minimum atomic E-state index is -1.53. The molecule has 0 aromatic rings. The smallest absolute Gasteiger partial charge is 0.156 e. The fourth-order valence-corrected chi connectivity index (χ4v) is 2.98. The van der Waals surface area contributed by atoms with Crippen LogP contribution in [0.1, 0.15) is 69.3 Å². The first-order chi connectivity index (χ1) is 10.5. The van der Waals surface area contributed by atoms with E-state index < -0.39 is 12.7 Å². The molecule has 0 heterocycles. The van der Waals surface area contributed by atoms with Gasteiger partial charge in [0, 0.05) is 15.6 Å². The number of rotatable bonds is 4. The second kappa shape index (κ2) is 6.31. The van der Waals surface area contributed by atoms with Crippen LogP contribution in [0.2, 0.25) is 0 Å². The molecule has 0 amide bonds. The summed E-state index contributed by atoms with van der Waals surface area (Å²) in [5, 5.41) is 0. The van der Waals surface area contributed by atoms with Crippen LogP contribution in [0.5, 0.6) is 0 Å². The van der Waals surface area contributed by atoms with Crippen LogP contribution in [0.3, 0.4) is 0 Å². The normalized spacial score (nSPS) is 30.5. The lowest BCUT2D eigenvalue weighted by Crippen LogP contribution is -2.11. The Kier molecular flexibility index (Phi) is 3.52. The molecule has 0 saturated carbocycles. The molecule has 1 atom stereocenters. The van der Waals surface area contributed by atoms with E-state index in [0.717, 1.165) is 24.8 Å². The molecule has 0 saturated heterocycles. The molecule has 2 heteroatoms. The van der Waals surface area contributed by atoms with Gasteiger partial charge in [0.2, 0.25) is 0 Å². The van der Waals surface area contributed by atoms with Gasteiger partial charge in [0.1, 0.15) is 5.78 Å². The molecule has 19 heavy (non-hydrogen) atoms. The maximum atomic E-state index is 12.1. The van der Waals surface area contributed by atoms with Crippen molar-refractivity contribution in [3.8, 4) is 0 Å². The van der Waals surface area contributed by atoms with Gasteiger partial charge in [-0.05, 0) is 56.0 Å². The first kappa shape index (κ1) is 10.6. The van der Waals surface area contributed by atoms with Gasteiger partial charge in [-0.2, -0.15) is 0 Å². The molecule has 0 aromatic heterocycles. The van der Waals surface area contributed by atoms with E-state index in [0.29, 0.717) is 49.3 Å². The van der Waals surface area contributed by atoms with Crippen LogP contribution in [0, 0.1) is 5.92 Å². The van der Waals surface area contributed by atoms with E-state index in [1.807, 2.05) is 0 Å². The highest BCUT2D eigenvalue weighted by Crippen LogP contribution is 2.38. The van der Waals surface area contributed by atoms with Crippen LogP contribution < -0.4 is 0 Å². The maximum absolute atomic E-state index is 12.1. The first-order valence-corrected chi connectivity index (χ1v) is 7.28. The summed E-state index contributed by atoms with van der Waals surface area (Å²) in [6.45, 7) is 0.560. The van der Waals surface area contributed by atoms with E-state index in [9.17, 15) is 9.59 Å². The van der Waals surface area contributed by atoms with Gasteiger partial charge in [0.05, 0.1) is 1.37 Å². The summed E-state index contributed by atoms with van der Waals surface area (Å²) in [5.74, 6) is -0.356. The highest BCUT2D eigenvalue weighted by atomic mass is 16.1. The number of carbonyl (C=O) groups excluding carboxylic acids is 2. The molecular formula is C17H24O2. The van der Waals surface area contributed by atoms with Crippen molar-refractivity contribution in [3.05, 3.63) is 22.8 Å². The number of hydrogen-bond donors (Lipinski definition) is 0. The Morgan fingerprint density at radius 3 is 3.05 bits per heavy atom. The molecule has 2 aliphatic rings. The number of allylic oxidation sites excluding steroid dienone is 4. The highest BCUT2D eigenvalue weighted by Gasteiger charge is 2.29. The zero-order valence-corrected chi connectivity index (χ0v) is 11.6. The van der Waals surface area contributed by atoms with E-state index in [2.05, 4.69) is 6.92 Å². The van der Waals surface area contributed by atoms with Crippen molar-refractivity contribution in [3.63, 3.8) is 0 Å². The van der Waals surface area contributed by atoms with Gasteiger partial charge in [0.15, 0.2) is 5.78 Å². The quantitative estimate of drug-likeness (QED) is 0.763. The standard InChI is InChI=1S/C17H24O2/c1-3-4-5-13-6-8-15(19)11-14-7-9-16(12(2)18)17(14)10-13/h10,14H,3-9,11H2,1-2H3/b13-10-/t14-/m0/s1/i2D2,10D. The predicted octanol–water partition coefficient (Wildman–Crippen LogP) is 4.15. The Morgan fingerprint density at radius 1 is 1.47 bits per heavy atom. The third-order valence-corrected chi connectivity index (χ3v) is 4.10. The van der Waals surface area contributed by atoms with Gasteiger partial charge in [-0.25, -0.2) is 0 Å². The predicted molar refractivity (Wildman–Crippen MR) is 76.9 cm³/mol. The Bertz CT molecular complexity index is 532. The number of unbranched alkanes of at least 4 members (excludes halogenated alkanes) is 1. The Labute approximate surface area is 120 Å². The molecule has 2 nitrogen and oxygen atoms in total. The van der Waals surface area contributed by atoms with Gasteiger partial charge in [-0.1, -0.05) is 25.0 Å². The van der Waals surface area contributed by atoms with Gasteiger partial charge >= 0.3 is 0 Å². The van der Waals surface area contributed by atoms with E-state index >= 15 is 0 Å². The fourth-order valence-electron chi connectivity index (χ4n) is 2.98. The largest absolute Gasteiger partial charge is 0.300 e. The van der Waals surface area contributed by atoms with E-state index in [4.69, 9.17) is 4.11 Å². The van der Waals surface area contributed by atoms with Crippen molar-refractivity contribution in [2.75, 3.05) is 0 Å². The summed E-state index contributed by atoms with van der Waals surface area (Å²) in [7, 11) is 0. The van der Waals surface area contributed by atoms with Gasteiger partial charge in [-0.3, -0.25) is 9.59 Å². The van der Waals surface area contributed by atoms with Gasteiger partial charge in [0.25, 0.3) is 0 Å². The molecule has 0 N–H and O–H groups in total. The number of ketones is 2. The molecule has 0 fully saturated rings. The molecular weight excluding hydrogens is 236 g/mol. The highest BCUT2D eigenvalue weighted by molar-refractivity contribution is 5.95. The van der Waals surface area contributed by atoms with Crippen LogP contribution in [-0.2, 0) is 9.59 Å². The van der Waals surface area contributed by atoms with E-state index in [1.54, 1.807) is 0 Å². The zero-order valence-electron chi connectivity index (χ0n) is 14.6. The fraction of sp³-hybridized carbons (Fsp3) is 0.647. The molecule has 104 valence electrons. The number of fused-ring (bicyclic) bond motifs is 1. The lowest BCUT2D eigenvalue weighted by Gasteiger charge is -2.18. The molecule has 0 aliphatic heterocycles. The lowest BCUT2D eigenvalue weighted by atomic mass is 9.86. The molecule has 0 spiro atoms. The minimum absolute atomic E-state index is 0.0605. The van der Waals surface area contributed by atoms with Crippen molar-refractivity contribution >= 4 is 11.6 Å². The molecule has 0 unspecified atom stereocenters. The molecule has 0 bridgehead atoms. The molecule has 2 rings (SSSR count). The van der Waals surface area contributed by atoms with Crippen LogP contribution >= 0.6 is 0 Å². The van der Waals surface area contributed by atoms with Gasteiger partial charge < -0.3 is 0 Å². The average molecular weight is 263 g/mol. The second-order valence-corrected chi connectivity index (χ2v) is 5.57. The van der Waals surface area contributed by atoms with Crippen LogP contribution in [0.25, 0.3) is 0 Å². The van der Waals surface area contributed by atoms with E-state index in [-0.39, 0.29) is 11.7 Å². The van der Waals surface area contributed by atoms with Crippen molar-refractivity contribution in [1.82, 2.24) is 0 Å². The van der Waals surface area contributed by atoms with Crippen molar-refractivity contribution in [1.29, 1.82) is 0 Å². The summed E-state index contributed by atoms with van der Waals surface area (Å²) in [5.41, 5.74) is 2.11. The maximum Gasteiger partial charge on any atom is 0.156 e. The molecule has 0 aromatic carbocycles.